The summed E-state index contributed by atoms with van der Waals surface area (Å²) in [6.45, 7) is 3.39. The number of hydrogen-bond acceptors (Lipinski definition) is 2. The lowest BCUT2D eigenvalue weighted by atomic mass is 9.92. The number of rotatable bonds is 4. The zero-order valence-corrected chi connectivity index (χ0v) is 9.42. The third-order valence-corrected chi connectivity index (χ3v) is 3.20. The molecule has 0 amide bonds. The van der Waals surface area contributed by atoms with Crippen molar-refractivity contribution in [1.29, 1.82) is 0 Å². The summed E-state index contributed by atoms with van der Waals surface area (Å²) in [5.74, 6) is 0.734. The quantitative estimate of drug-likeness (QED) is 0.777. The van der Waals surface area contributed by atoms with Gasteiger partial charge in [-0.05, 0) is 50.0 Å². The third kappa shape index (κ3) is 2.58. The highest BCUT2D eigenvalue weighted by Crippen LogP contribution is 2.25. The van der Waals surface area contributed by atoms with E-state index >= 15 is 0 Å². The summed E-state index contributed by atoms with van der Waals surface area (Å²) in [5.41, 5.74) is 3.07. The monoisotopic (exact) mass is 204 g/mol. The molecule has 2 rings (SSSR count). The lowest BCUT2D eigenvalue weighted by Gasteiger charge is -2.14. The molecule has 2 nitrogen and oxygen atoms in total. The maximum atomic E-state index is 3.44. The number of hydrogen-bond donors (Lipinski definition) is 2. The number of benzene rings is 1. The van der Waals surface area contributed by atoms with Gasteiger partial charge in [0.15, 0.2) is 0 Å². The Hall–Kier alpha value is -0.860. The summed E-state index contributed by atoms with van der Waals surface area (Å²) in [6, 6.07) is 8.88. The molecule has 0 radical (unpaired) electrons. The molecule has 0 bridgehead atoms. The molecule has 1 unspecified atom stereocenters. The molecule has 1 heterocycles. The fourth-order valence-corrected chi connectivity index (χ4v) is 2.34. The molecular formula is C13H20N2. The van der Waals surface area contributed by atoms with Gasteiger partial charge in [0.05, 0.1) is 0 Å². The first-order valence-electron chi connectivity index (χ1n) is 5.85. The molecule has 0 spiro atoms. The van der Waals surface area contributed by atoms with E-state index in [1.165, 1.54) is 18.5 Å². The van der Waals surface area contributed by atoms with Crippen molar-refractivity contribution in [2.24, 2.45) is 0 Å². The van der Waals surface area contributed by atoms with Crippen molar-refractivity contribution < 1.29 is 0 Å². The molecule has 1 aliphatic heterocycles. The van der Waals surface area contributed by atoms with Gasteiger partial charge >= 0.3 is 0 Å². The summed E-state index contributed by atoms with van der Waals surface area (Å²) in [7, 11) is 2.01. The van der Waals surface area contributed by atoms with E-state index in [4.69, 9.17) is 0 Å². The first-order valence-corrected chi connectivity index (χ1v) is 5.85. The Balaban J connectivity index is 2.13. The van der Waals surface area contributed by atoms with Gasteiger partial charge in [-0.1, -0.05) is 24.3 Å². The van der Waals surface area contributed by atoms with Crippen molar-refractivity contribution in [2.45, 2.75) is 18.8 Å². The second kappa shape index (κ2) is 5.29. The summed E-state index contributed by atoms with van der Waals surface area (Å²) in [4.78, 5) is 0. The SMILES string of the molecule is CNCCc1ccccc1C1CCNC1. The van der Waals surface area contributed by atoms with Crippen molar-refractivity contribution in [3.63, 3.8) is 0 Å². The molecule has 0 aliphatic carbocycles. The number of nitrogens with one attached hydrogen (secondary N) is 2. The molecule has 1 saturated heterocycles. The fraction of sp³-hybridized carbons (Fsp3) is 0.538. The molecule has 15 heavy (non-hydrogen) atoms. The topological polar surface area (TPSA) is 24.1 Å². The Labute approximate surface area is 92.1 Å². The Morgan fingerprint density at radius 2 is 2.27 bits per heavy atom. The van der Waals surface area contributed by atoms with E-state index < -0.39 is 0 Å². The van der Waals surface area contributed by atoms with E-state index in [0.29, 0.717) is 0 Å². The lowest BCUT2D eigenvalue weighted by molar-refractivity contribution is 0.731. The van der Waals surface area contributed by atoms with Crippen molar-refractivity contribution in [3.05, 3.63) is 35.4 Å². The Bertz CT molecular complexity index is 303. The van der Waals surface area contributed by atoms with E-state index in [2.05, 4.69) is 34.9 Å². The zero-order valence-electron chi connectivity index (χ0n) is 9.42. The van der Waals surface area contributed by atoms with E-state index in [9.17, 15) is 0 Å². The van der Waals surface area contributed by atoms with Crippen molar-refractivity contribution in [2.75, 3.05) is 26.7 Å². The van der Waals surface area contributed by atoms with E-state index in [1.54, 1.807) is 5.56 Å². The normalized spacial score (nSPS) is 20.7. The summed E-state index contributed by atoms with van der Waals surface area (Å²) >= 11 is 0. The Kier molecular flexibility index (Phi) is 3.75. The van der Waals surface area contributed by atoms with Crippen LogP contribution in [0.2, 0.25) is 0 Å². The standard InChI is InChI=1S/C13H20N2/c1-14-8-6-11-4-2-3-5-13(11)12-7-9-15-10-12/h2-5,12,14-15H,6-10H2,1H3. The van der Waals surface area contributed by atoms with E-state index in [1.807, 2.05) is 7.05 Å². The molecule has 1 aliphatic rings. The average Bonchev–Trinajstić information content (AvgIpc) is 2.80. The van der Waals surface area contributed by atoms with Gasteiger partial charge in [-0.3, -0.25) is 0 Å². The predicted octanol–water partition coefficient (Wildman–Crippen LogP) is 1.53. The highest BCUT2D eigenvalue weighted by molar-refractivity contribution is 5.31. The molecule has 82 valence electrons. The third-order valence-electron chi connectivity index (χ3n) is 3.20. The number of likely N-dealkylation sites (N-methyl/N-ethyl adjacent to an activating group) is 1. The molecule has 0 aromatic heterocycles. The maximum Gasteiger partial charge on any atom is 0.00207 e. The first kappa shape index (κ1) is 10.7. The van der Waals surface area contributed by atoms with Crippen LogP contribution in [0.15, 0.2) is 24.3 Å². The molecule has 1 fully saturated rings. The van der Waals surface area contributed by atoms with Gasteiger partial charge in [0.2, 0.25) is 0 Å². The minimum absolute atomic E-state index is 0.734. The van der Waals surface area contributed by atoms with Crippen molar-refractivity contribution in [3.8, 4) is 0 Å². The summed E-state index contributed by atoms with van der Waals surface area (Å²) in [6.07, 6.45) is 2.43. The van der Waals surface area contributed by atoms with Crippen molar-refractivity contribution in [1.82, 2.24) is 10.6 Å². The lowest BCUT2D eigenvalue weighted by Crippen LogP contribution is -2.13. The van der Waals surface area contributed by atoms with Crippen LogP contribution in [0.5, 0.6) is 0 Å². The van der Waals surface area contributed by atoms with Crippen LogP contribution in [-0.2, 0) is 6.42 Å². The highest BCUT2D eigenvalue weighted by Gasteiger charge is 2.18. The van der Waals surface area contributed by atoms with Gasteiger partial charge in [0, 0.05) is 6.54 Å². The highest BCUT2D eigenvalue weighted by atomic mass is 14.9. The second-order valence-electron chi connectivity index (χ2n) is 4.24. The van der Waals surface area contributed by atoms with E-state index in [-0.39, 0.29) is 0 Å². The second-order valence-corrected chi connectivity index (χ2v) is 4.24. The Morgan fingerprint density at radius 3 is 3.00 bits per heavy atom. The van der Waals surface area contributed by atoms with Crippen LogP contribution < -0.4 is 10.6 Å². The molecule has 2 N–H and O–H groups in total. The largest absolute Gasteiger partial charge is 0.319 e. The average molecular weight is 204 g/mol. The van der Waals surface area contributed by atoms with Gasteiger partial charge in [-0.15, -0.1) is 0 Å². The molecule has 2 heteroatoms. The molecular weight excluding hydrogens is 184 g/mol. The smallest absolute Gasteiger partial charge is 0.00207 e. The van der Waals surface area contributed by atoms with Crippen LogP contribution in [0.3, 0.4) is 0 Å². The molecule has 1 aromatic rings. The van der Waals surface area contributed by atoms with Gasteiger partial charge in [0.25, 0.3) is 0 Å². The predicted molar refractivity (Wildman–Crippen MR) is 64.3 cm³/mol. The van der Waals surface area contributed by atoms with Crippen LogP contribution >= 0.6 is 0 Å². The van der Waals surface area contributed by atoms with Crippen LogP contribution in [0.25, 0.3) is 0 Å². The minimum atomic E-state index is 0.734. The Morgan fingerprint density at radius 1 is 1.40 bits per heavy atom. The maximum absolute atomic E-state index is 3.44. The first-order chi connectivity index (χ1) is 7.42. The van der Waals surface area contributed by atoms with Crippen LogP contribution in [0.4, 0.5) is 0 Å². The van der Waals surface area contributed by atoms with E-state index in [0.717, 1.165) is 25.4 Å². The van der Waals surface area contributed by atoms with Gasteiger partial charge in [-0.2, -0.15) is 0 Å². The van der Waals surface area contributed by atoms with Gasteiger partial charge in [-0.25, -0.2) is 0 Å². The van der Waals surface area contributed by atoms with Crippen LogP contribution in [-0.4, -0.2) is 26.7 Å². The molecule has 0 saturated carbocycles. The van der Waals surface area contributed by atoms with Gasteiger partial charge < -0.3 is 10.6 Å². The minimum Gasteiger partial charge on any atom is -0.319 e. The molecule has 1 aromatic carbocycles. The van der Waals surface area contributed by atoms with Crippen LogP contribution in [0.1, 0.15) is 23.5 Å². The molecule has 1 atom stereocenters. The summed E-state index contributed by atoms with van der Waals surface area (Å²) < 4.78 is 0. The van der Waals surface area contributed by atoms with Crippen LogP contribution in [0, 0.1) is 0 Å². The van der Waals surface area contributed by atoms with Crippen molar-refractivity contribution >= 4 is 0 Å². The zero-order chi connectivity index (χ0) is 10.5. The summed E-state index contributed by atoms with van der Waals surface area (Å²) in [5, 5.41) is 6.66. The fourth-order valence-electron chi connectivity index (χ4n) is 2.34. The van der Waals surface area contributed by atoms with Gasteiger partial charge in [0.1, 0.15) is 0 Å².